The molecule has 0 fully saturated rings. The smallest absolute Gasteiger partial charge is 0.310 e. The molecule has 0 saturated carbocycles. The summed E-state index contributed by atoms with van der Waals surface area (Å²) in [5.41, 5.74) is 3.20. The van der Waals surface area contributed by atoms with Crippen molar-refractivity contribution in [3.63, 3.8) is 0 Å². The number of rotatable bonds is 3. The summed E-state index contributed by atoms with van der Waals surface area (Å²) in [6.45, 7) is 5.79. The number of benzene rings is 1. The fourth-order valence-corrected chi connectivity index (χ4v) is 2.70. The minimum Gasteiger partial charge on any atom is -0.481 e. The van der Waals surface area contributed by atoms with Gasteiger partial charge < -0.3 is 5.11 Å². The Morgan fingerprint density at radius 1 is 1.53 bits per heavy atom. The molecule has 0 bridgehead atoms. The molecule has 0 spiro atoms. The van der Waals surface area contributed by atoms with E-state index in [0.717, 1.165) is 23.1 Å². The van der Waals surface area contributed by atoms with E-state index in [9.17, 15) is 4.79 Å². The average Bonchev–Trinajstić information content (AvgIpc) is 2.15. The lowest BCUT2D eigenvalue weighted by atomic mass is 9.90. The SMILES string of the molecule is CCc1cc(I)cc(C)c1C(C)C(=O)O. The van der Waals surface area contributed by atoms with Gasteiger partial charge in [0.2, 0.25) is 0 Å². The molecule has 1 N–H and O–H groups in total. The lowest BCUT2D eigenvalue weighted by Gasteiger charge is -2.15. The molecule has 1 aromatic rings. The van der Waals surface area contributed by atoms with E-state index in [-0.39, 0.29) is 0 Å². The van der Waals surface area contributed by atoms with Crippen molar-refractivity contribution in [3.05, 3.63) is 32.4 Å². The van der Waals surface area contributed by atoms with Gasteiger partial charge >= 0.3 is 5.97 Å². The Kier molecular flexibility index (Phi) is 4.13. The van der Waals surface area contributed by atoms with E-state index in [0.29, 0.717) is 0 Å². The van der Waals surface area contributed by atoms with Crippen molar-refractivity contribution in [1.29, 1.82) is 0 Å². The van der Waals surface area contributed by atoms with Crippen molar-refractivity contribution in [1.82, 2.24) is 0 Å². The minimum absolute atomic E-state index is 0.419. The molecule has 3 heteroatoms. The van der Waals surface area contributed by atoms with Gasteiger partial charge in [0.25, 0.3) is 0 Å². The van der Waals surface area contributed by atoms with Crippen LogP contribution in [0.2, 0.25) is 0 Å². The number of halogens is 1. The van der Waals surface area contributed by atoms with Gasteiger partial charge in [-0.25, -0.2) is 0 Å². The molecule has 0 aliphatic carbocycles. The van der Waals surface area contributed by atoms with E-state index in [4.69, 9.17) is 5.11 Å². The second-order valence-electron chi connectivity index (χ2n) is 3.71. The number of hydrogen-bond donors (Lipinski definition) is 1. The highest BCUT2D eigenvalue weighted by Crippen LogP contribution is 2.26. The number of carbonyl (C=O) groups is 1. The standard InChI is InChI=1S/C12H15IO2/c1-4-9-6-10(13)5-7(2)11(9)8(3)12(14)15/h5-6,8H,4H2,1-3H3,(H,14,15). The first-order chi connectivity index (χ1) is 6.97. The largest absolute Gasteiger partial charge is 0.481 e. The zero-order chi connectivity index (χ0) is 11.6. The highest BCUT2D eigenvalue weighted by atomic mass is 127. The molecule has 0 saturated heterocycles. The Balaban J connectivity index is 3.32. The van der Waals surface area contributed by atoms with Crippen LogP contribution in [0, 0.1) is 10.5 Å². The van der Waals surface area contributed by atoms with E-state index in [1.165, 1.54) is 3.57 Å². The Hall–Kier alpha value is -0.580. The van der Waals surface area contributed by atoms with Crippen molar-refractivity contribution in [2.45, 2.75) is 33.1 Å². The van der Waals surface area contributed by atoms with Gasteiger partial charge in [-0.1, -0.05) is 6.92 Å². The van der Waals surface area contributed by atoms with Gasteiger partial charge in [0, 0.05) is 3.57 Å². The van der Waals surface area contributed by atoms with Crippen LogP contribution in [0.25, 0.3) is 0 Å². The summed E-state index contributed by atoms with van der Waals surface area (Å²) in [6.07, 6.45) is 0.880. The third kappa shape index (κ3) is 2.71. The van der Waals surface area contributed by atoms with Crippen molar-refractivity contribution in [2.75, 3.05) is 0 Å². The summed E-state index contributed by atoms with van der Waals surface area (Å²) in [7, 11) is 0. The van der Waals surface area contributed by atoms with Crippen LogP contribution in [0.3, 0.4) is 0 Å². The third-order valence-electron chi connectivity index (χ3n) is 2.62. The molecule has 0 amide bonds. The second-order valence-corrected chi connectivity index (χ2v) is 4.95. The van der Waals surface area contributed by atoms with Gasteiger partial charge in [-0.3, -0.25) is 4.79 Å². The van der Waals surface area contributed by atoms with Gasteiger partial charge in [0.05, 0.1) is 5.92 Å². The summed E-state index contributed by atoms with van der Waals surface area (Å²) in [5, 5.41) is 9.05. The molecule has 0 aromatic heterocycles. The van der Waals surface area contributed by atoms with Gasteiger partial charge in [-0.15, -0.1) is 0 Å². The fourth-order valence-electron chi connectivity index (χ4n) is 1.86. The average molecular weight is 318 g/mol. The second kappa shape index (κ2) is 4.96. The van der Waals surface area contributed by atoms with E-state index < -0.39 is 11.9 Å². The van der Waals surface area contributed by atoms with Crippen LogP contribution in [0.5, 0.6) is 0 Å². The number of hydrogen-bond acceptors (Lipinski definition) is 1. The Bertz CT molecular complexity index is 385. The molecular formula is C12H15IO2. The van der Waals surface area contributed by atoms with Crippen LogP contribution < -0.4 is 0 Å². The Morgan fingerprint density at radius 3 is 2.60 bits per heavy atom. The van der Waals surface area contributed by atoms with Gasteiger partial charge in [-0.05, 0) is 71.7 Å². The van der Waals surface area contributed by atoms with Gasteiger partial charge in [0.15, 0.2) is 0 Å². The number of carboxylic acids is 1. The maximum Gasteiger partial charge on any atom is 0.310 e. The minimum atomic E-state index is -0.756. The summed E-state index contributed by atoms with van der Waals surface area (Å²) < 4.78 is 1.17. The van der Waals surface area contributed by atoms with Crippen LogP contribution in [0.1, 0.15) is 36.5 Å². The molecule has 0 radical (unpaired) electrons. The molecular weight excluding hydrogens is 303 g/mol. The Morgan fingerprint density at radius 2 is 2.13 bits per heavy atom. The zero-order valence-electron chi connectivity index (χ0n) is 9.17. The van der Waals surface area contributed by atoms with Crippen molar-refractivity contribution < 1.29 is 9.90 Å². The predicted octanol–water partition coefficient (Wildman–Crippen LogP) is 3.35. The lowest BCUT2D eigenvalue weighted by molar-refractivity contribution is -0.138. The summed E-state index contributed by atoms with van der Waals surface area (Å²) in [4.78, 5) is 11.0. The Labute approximate surface area is 104 Å². The lowest BCUT2D eigenvalue weighted by Crippen LogP contribution is -2.12. The van der Waals surface area contributed by atoms with Crippen LogP contribution in [-0.4, -0.2) is 11.1 Å². The normalized spacial score (nSPS) is 12.5. The topological polar surface area (TPSA) is 37.3 Å². The fraction of sp³-hybridized carbons (Fsp3) is 0.417. The molecule has 0 aliphatic rings. The number of carboxylic acid groups (broad SMARTS) is 1. The van der Waals surface area contributed by atoms with E-state index in [1.54, 1.807) is 6.92 Å². The van der Waals surface area contributed by atoms with Crippen molar-refractivity contribution >= 4 is 28.6 Å². The first-order valence-electron chi connectivity index (χ1n) is 4.99. The molecule has 82 valence electrons. The van der Waals surface area contributed by atoms with Gasteiger partial charge in [-0.2, -0.15) is 0 Å². The predicted molar refractivity (Wildman–Crippen MR) is 69.3 cm³/mol. The van der Waals surface area contributed by atoms with Crippen molar-refractivity contribution in [3.8, 4) is 0 Å². The van der Waals surface area contributed by atoms with E-state index in [1.807, 2.05) is 13.0 Å². The van der Waals surface area contributed by atoms with Crippen molar-refractivity contribution in [2.24, 2.45) is 0 Å². The molecule has 1 rings (SSSR count). The molecule has 1 aromatic carbocycles. The number of aliphatic carboxylic acids is 1. The van der Waals surface area contributed by atoms with Crippen LogP contribution >= 0.6 is 22.6 Å². The number of aryl methyl sites for hydroxylation is 2. The molecule has 0 aliphatic heterocycles. The van der Waals surface area contributed by atoms with E-state index in [2.05, 4.69) is 35.6 Å². The first-order valence-corrected chi connectivity index (χ1v) is 6.07. The summed E-state index contributed by atoms with van der Waals surface area (Å²) in [6, 6.07) is 4.11. The molecule has 15 heavy (non-hydrogen) atoms. The zero-order valence-corrected chi connectivity index (χ0v) is 11.3. The van der Waals surface area contributed by atoms with E-state index >= 15 is 0 Å². The molecule has 2 nitrogen and oxygen atoms in total. The van der Waals surface area contributed by atoms with Crippen LogP contribution in [-0.2, 0) is 11.2 Å². The highest BCUT2D eigenvalue weighted by Gasteiger charge is 2.19. The monoisotopic (exact) mass is 318 g/mol. The maximum absolute atomic E-state index is 11.0. The summed E-state index contributed by atoms with van der Waals surface area (Å²) >= 11 is 2.26. The quantitative estimate of drug-likeness (QED) is 0.868. The summed E-state index contributed by atoms with van der Waals surface area (Å²) in [5.74, 6) is -1.18. The maximum atomic E-state index is 11.0. The molecule has 1 unspecified atom stereocenters. The van der Waals surface area contributed by atoms with Crippen LogP contribution in [0.4, 0.5) is 0 Å². The molecule has 1 atom stereocenters. The first kappa shape index (κ1) is 12.5. The molecule has 0 heterocycles. The highest BCUT2D eigenvalue weighted by molar-refractivity contribution is 14.1. The van der Waals surface area contributed by atoms with Crippen LogP contribution in [0.15, 0.2) is 12.1 Å². The van der Waals surface area contributed by atoms with Gasteiger partial charge in [0.1, 0.15) is 0 Å². The third-order valence-corrected chi connectivity index (χ3v) is 3.24.